The number of nitrogens with zero attached hydrogens (tertiary/aromatic N) is 1. The first-order chi connectivity index (χ1) is 8.40. The number of ether oxygens (including phenoxy) is 1. The molecule has 106 valence electrons. The zero-order valence-electron chi connectivity index (χ0n) is 12.4. The van der Waals surface area contributed by atoms with Gasteiger partial charge in [-0.1, -0.05) is 25.2 Å². The SMILES string of the molecule is CC1=CN(CCO)CC(COCC[Si](C)(C)C)C1. The lowest BCUT2D eigenvalue weighted by molar-refractivity contribution is 0.0889. The van der Waals surface area contributed by atoms with Gasteiger partial charge in [-0.2, -0.15) is 0 Å². The molecule has 1 aliphatic heterocycles. The quantitative estimate of drug-likeness (QED) is 0.570. The van der Waals surface area contributed by atoms with E-state index >= 15 is 0 Å². The third-order valence-corrected chi connectivity index (χ3v) is 4.95. The van der Waals surface area contributed by atoms with Crippen LogP contribution in [0.25, 0.3) is 0 Å². The van der Waals surface area contributed by atoms with Gasteiger partial charge in [0.25, 0.3) is 0 Å². The molecule has 1 N–H and O–H groups in total. The molecule has 0 spiro atoms. The maximum absolute atomic E-state index is 9.00. The highest BCUT2D eigenvalue weighted by Gasteiger charge is 2.19. The monoisotopic (exact) mass is 271 g/mol. The van der Waals surface area contributed by atoms with Crippen LogP contribution in [-0.2, 0) is 4.74 Å². The van der Waals surface area contributed by atoms with Crippen LogP contribution in [0.2, 0.25) is 25.7 Å². The molecule has 1 atom stereocenters. The Morgan fingerprint density at radius 2 is 2.17 bits per heavy atom. The Morgan fingerprint density at radius 1 is 1.44 bits per heavy atom. The van der Waals surface area contributed by atoms with Gasteiger partial charge in [-0.3, -0.25) is 0 Å². The van der Waals surface area contributed by atoms with Crippen molar-refractivity contribution in [3.8, 4) is 0 Å². The van der Waals surface area contributed by atoms with Crippen LogP contribution in [0, 0.1) is 5.92 Å². The second-order valence-corrected chi connectivity index (χ2v) is 12.3. The maximum atomic E-state index is 9.00. The Kier molecular flexibility index (Phi) is 6.39. The third kappa shape index (κ3) is 6.57. The van der Waals surface area contributed by atoms with Crippen LogP contribution in [0.1, 0.15) is 13.3 Å². The highest BCUT2D eigenvalue weighted by Crippen LogP contribution is 2.20. The second-order valence-electron chi connectivity index (χ2n) is 6.65. The summed E-state index contributed by atoms with van der Waals surface area (Å²) in [6.07, 6.45) is 3.31. The van der Waals surface area contributed by atoms with Gasteiger partial charge in [-0.15, -0.1) is 0 Å². The van der Waals surface area contributed by atoms with Crippen molar-refractivity contribution in [2.24, 2.45) is 5.92 Å². The summed E-state index contributed by atoms with van der Waals surface area (Å²) in [6, 6.07) is 1.24. The van der Waals surface area contributed by atoms with Gasteiger partial charge in [0.2, 0.25) is 0 Å². The fraction of sp³-hybridized carbons (Fsp3) is 0.857. The molecule has 18 heavy (non-hydrogen) atoms. The second kappa shape index (κ2) is 7.31. The number of hydrogen-bond acceptors (Lipinski definition) is 3. The van der Waals surface area contributed by atoms with Crippen molar-refractivity contribution in [1.29, 1.82) is 0 Å². The standard InChI is InChI=1S/C14H29NO2Si/c1-13-9-14(11-15(10-13)5-6-16)12-17-7-8-18(2,3)4/h10,14,16H,5-9,11-12H2,1-4H3. The van der Waals surface area contributed by atoms with Gasteiger partial charge in [0, 0.05) is 33.7 Å². The largest absolute Gasteiger partial charge is 0.395 e. The summed E-state index contributed by atoms with van der Waals surface area (Å²) in [7, 11) is -0.963. The molecular weight excluding hydrogens is 242 g/mol. The zero-order valence-corrected chi connectivity index (χ0v) is 13.4. The minimum absolute atomic E-state index is 0.229. The molecule has 1 heterocycles. The van der Waals surface area contributed by atoms with E-state index in [1.165, 1.54) is 11.6 Å². The van der Waals surface area contributed by atoms with E-state index in [9.17, 15) is 0 Å². The lowest BCUT2D eigenvalue weighted by Gasteiger charge is -2.31. The molecule has 0 bridgehead atoms. The molecule has 0 amide bonds. The van der Waals surface area contributed by atoms with Crippen molar-refractivity contribution < 1.29 is 9.84 Å². The molecule has 1 unspecified atom stereocenters. The molecular formula is C14H29NO2Si. The highest BCUT2D eigenvalue weighted by atomic mass is 28.3. The number of allylic oxidation sites excluding steroid dienone is 1. The molecule has 0 aromatic rings. The molecule has 0 saturated carbocycles. The third-order valence-electron chi connectivity index (χ3n) is 3.24. The van der Waals surface area contributed by atoms with E-state index < -0.39 is 8.07 Å². The van der Waals surface area contributed by atoms with Crippen molar-refractivity contribution in [3.05, 3.63) is 11.8 Å². The van der Waals surface area contributed by atoms with E-state index in [-0.39, 0.29) is 6.61 Å². The van der Waals surface area contributed by atoms with Gasteiger partial charge in [0.05, 0.1) is 13.2 Å². The van der Waals surface area contributed by atoms with Crippen LogP contribution < -0.4 is 0 Å². The van der Waals surface area contributed by atoms with Crippen molar-refractivity contribution in [2.75, 3.05) is 32.9 Å². The first-order valence-corrected chi connectivity index (χ1v) is 10.7. The normalized spacial score (nSPS) is 21.1. The minimum Gasteiger partial charge on any atom is -0.395 e. The van der Waals surface area contributed by atoms with Crippen LogP contribution in [0.3, 0.4) is 0 Å². The Labute approximate surface area is 113 Å². The Balaban J connectivity index is 2.25. The van der Waals surface area contributed by atoms with Crippen LogP contribution in [0.5, 0.6) is 0 Å². The van der Waals surface area contributed by atoms with Crippen LogP contribution >= 0.6 is 0 Å². The van der Waals surface area contributed by atoms with Gasteiger partial charge in [0.1, 0.15) is 0 Å². The van der Waals surface area contributed by atoms with Gasteiger partial charge >= 0.3 is 0 Å². The lowest BCUT2D eigenvalue weighted by Crippen LogP contribution is -2.34. The molecule has 0 aromatic heterocycles. The summed E-state index contributed by atoms with van der Waals surface area (Å²) >= 11 is 0. The molecule has 0 aromatic carbocycles. The van der Waals surface area contributed by atoms with E-state index in [4.69, 9.17) is 9.84 Å². The number of hydrogen-bond donors (Lipinski definition) is 1. The average molecular weight is 271 g/mol. The number of aliphatic hydroxyl groups excluding tert-OH is 1. The molecule has 3 nitrogen and oxygen atoms in total. The summed E-state index contributed by atoms with van der Waals surface area (Å²) in [4.78, 5) is 2.21. The van der Waals surface area contributed by atoms with E-state index in [1.54, 1.807) is 0 Å². The molecule has 1 rings (SSSR count). The molecule has 4 heteroatoms. The molecule has 0 fully saturated rings. The Morgan fingerprint density at radius 3 is 2.78 bits per heavy atom. The van der Waals surface area contributed by atoms with Crippen LogP contribution in [0.15, 0.2) is 11.8 Å². The topological polar surface area (TPSA) is 32.7 Å². The van der Waals surface area contributed by atoms with Crippen molar-refractivity contribution in [3.63, 3.8) is 0 Å². The fourth-order valence-corrected chi connectivity index (χ4v) is 3.05. The van der Waals surface area contributed by atoms with Crippen molar-refractivity contribution >= 4 is 8.07 Å². The van der Waals surface area contributed by atoms with Crippen molar-refractivity contribution in [2.45, 2.75) is 39.0 Å². The average Bonchev–Trinajstić information content (AvgIpc) is 2.23. The number of rotatable bonds is 7. The first kappa shape index (κ1) is 15.7. The van der Waals surface area contributed by atoms with E-state index in [0.717, 1.165) is 32.7 Å². The summed E-state index contributed by atoms with van der Waals surface area (Å²) in [5.41, 5.74) is 1.40. The van der Waals surface area contributed by atoms with E-state index in [1.807, 2.05) is 0 Å². The lowest BCUT2D eigenvalue weighted by atomic mass is 9.97. The molecule has 1 aliphatic rings. The van der Waals surface area contributed by atoms with E-state index in [0.29, 0.717) is 5.92 Å². The highest BCUT2D eigenvalue weighted by molar-refractivity contribution is 6.76. The molecule has 0 saturated heterocycles. The number of aliphatic hydroxyl groups is 1. The number of β-amino-alcohol motifs (C(OH)–C–C–N with tert-alkyl or cyclic N) is 1. The van der Waals surface area contributed by atoms with Gasteiger partial charge in [-0.05, 0) is 25.6 Å². The van der Waals surface area contributed by atoms with Gasteiger partial charge < -0.3 is 14.7 Å². The maximum Gasteiger partial charge on any atom is 0.0606 e. The summed E-state index contributed by atoms with van der Waals surface area (Å²) < 4.78 is 5.84. The summed E-state index contributed by atoms with van der Waals surface area (Å²) in [5, 5.41) is 9.00. The minimum atomic E-state index is -0.963. The van der Waals surface area contributed by atoms with Crippen molar-refractivity contribution in [1.82, 2.24) is 4.90 Å². The molecule has 0 aliphatic carbocycles. The molecule has 0 radical (unpaired) electrons. The first-order valence-electron chi connectivity index (χ1n) is 7.00. The summed E-state index contributed by atoms with van der Waals surface area (Å²) in [6.45, 7) is 13.1. The van der Waals surface area contributed by atoms with Gasteiger partial charge in [0.15, 0.2) is 0 Å². The van der Waals surface area contributed by atoms with Gasteiger partial charge in [-0.25, -0.2) is 0 Å². The predicted octanol–water partition coefficient (Wildman–Crippen LogP) is 2.56. The van der Waals surface area contributed by atoms with E-state index in [2.05, 4.69) is 37.7 Å². The summed E-state index contributed by atoms with van der Waals surface area (Å²) in [5.74, 6) is 0.586. The zero-order chi connectivity index (χ0) is 13.6. The Hall–Kier alpha value is -0.323. The smallest absolute Gasteiger partial charge is 0.0606 e. The van der Waals surface area contributed by atoms with Crippen LogP contribution in [0.4, 0.5) is 0 Å². The predicted molar refractivity (Wildman–Crippen MR) is 79.5 cm³/mol. The Bertz CT molecular complexity index is 273. The fourth-order valence-electron chi connectivity index (χ4n) is 2.29. The van der Waals surface area contributed by atoms with Crippen LogP contribution in [-0.4, -0.2) is 51.0 Å².